The maximum absolute atomic E-state index is 6.00. The lowest BCUT2D eigenvalue weighted by molar-refractivity contribution is 0.445. The lowest BCUT2D eigenvalue weighted by Crippen LogP contribution is -2.17. The van der Waals surface area contributed by atoms with Crippen LogP contribution in [0.2, 0.25) is 10.0 Å². The molecule has 0 aliphatic carbocycles. The predicted octanol–water partition coefficient (Wildman–Crippen LogP) is 5.04. The Bertz CT molecular complexity index is 542. The number of furan rings is 1. The first kappa shape index (κ1) is 14.2. The van der Waals surface area contributed by atoms with Crippen molar-refractivity contribution >= 4 is 45.8 Å². The minimum absolute atomic E-state index is 0.183. The summed E-state index contributed by atoms with van der Waals surface area (Å²) in [4.78, 5) is 0. The monoisotopic (exact) mass is 395 g/mol. The minimum atomic E-state index is 0.183. The van der Waals surface area contributed by atoms with Gasteiger partial charge in [0, 0.05) is 6.04 Å². The van der Waals surface area contributed by atoms with Crippen LogP contribution in [0.1, 0.15) is 24.3 Å². The molecule has 1 unspecified atom stereocenters. The van der Waals surface area contributed by atoms with Gasteiger partial charge >= 0.3 is 0 Å². The highest BCUT2D eigenvalue weighted by molar-refractivity contribution is 14.1. The topological polar surface area (TPSA) is 25.2 Å². The molecule has 2 nitrogen and oxygen atoms in total. The van der Waals surface area contributed by atoms with Crippen LogP contribution in [0, 0.1) is 3.77 Å². The third-order valence-electron chi connectivity index (χ3n) is 2.65. The zero-order valence-corrected chi connectivity index (χ0v) is 13.4. The number of rotatable bonds is 4. The quantitative estimate of drug-likeness (QED) is 0.733. The fourth-order valence-corrected chi connectivity index (χ4v) is 2.37. The maximum Gasteiger partial charge on any atom is 0.164 e. The van der Waals surface area contributed by atoms with Gasteiger partial charge in [0.15, 0.2) is 3.77 Å². The average Bonchev–Trinajstić information content (AvgIpc) is 2.75. The van der Waals surface area contributed by atoms with E-state index in [4.69, 9.17) is 27.6 Å². The third-order valence-corrected chi connectivity index (χ3v) is 3.97. The number of hydrogen-bond donors (Lipinski definition) is 1. The van der Waals surface area contributed by atoms with Crippen LogP contribution in [-0.4, -0.2) is 0 Å². The summed E-state index contributed by atoms with van der Waals surface area (Å²) in [6, 6.07) is 9.76. The van der Waals surface area contributed by atoms with Gasteiger partial charge in [-0.05, 0) is 59.3 Å². The highest BCUT2D eigenvalue weighted by Crippen LogP contribution is 2.25. The Kier molecular flexibility index (Phi) is 4.95. The Morgan fingerprint density at radius 1 is 1.22 bits per heavy atom. The van der Waals surface area contributed by atoms with Crippen LogP contribution in [0.5, 0.6) is 0 Å². The van der Waals surface area contributed by atoms with E-state index >= 15 is 0 Å². The first-order chi connectivity index (χ1) is 8.56. The number of benzene rings is 1. The van der Waals surface area contributed by atoms with Crippen LogP contribution in [-0.2, 0) is 6.54 Å². The van der Waals surface area contributed by atoms with Gasteiger partial charge in [-0.2, -0.15) is 0 Å². The van der Waals surface area contributed by atoms with Gasteiger partial charge in [-0.1, -0.05) is 29.3 Å². The van der Waals surface area contributed by atoms with E-state index in [1.807, 2.05) is 30.3 Å². The van der Waals surface area contributed by atoms with Crippen molar-refractivity contribution in [3.63, 3.8) is 0 Å². The normalized spacial score (nSPS) is 12.7. The fraction of sp³-hybridized carbons (Fsp3) is 0.231. The first-order valence-corrected chi connectivity index (χ1v) is 7.32. The van der Waals surface area contributed by atoms with Crippen molar-refractivity contribution in [1.82, 2.24) is 5.32 Å². The van der Waals surface area contributed by atoms with E-state index in [2.05, 4.69) is 34.8 Å². The molecule has 0 fully saturated rings. The van der Waals surface area contributed by atoms with Crippen molar-refractivity contribution in [3.8, 4) is 0 Å². The molecule has 1 heterocycles. The molecule has 0 aliphatic rings. The fourth-order valence-electron chi connectivity index (χ4n) is 1.60. The summed E-state index contributed by atoms with van der Waals surface area (Å²) in [6.07, 6.45) is 0. The Morgan fingerprint density at radius 3 is 2.61 bits per heavy atom. The van der Waals surface area contributed by atoms with E-state index in [1.54, 1.807) is 0 Å². The Morgan fingerprint density at radius 2 is 2.00 bits per heavy atom. The van der Waals surface area contributed by atoms with Crippen LogP contribution >= 0.6 is 45.8 Å². The van der Waals surface area contributed by atoms with Crippen molar-refractivity contribution in [1.29, 1.82) is 0 Å². The van der Waals surface area contributed by atoms with Crippen LogP contribution in [0.3, 0.4) is 0 Å². The Balaban J connectivity index is 1.99. The van der Waals surface area contributed by atoms with Crippen LogP contribution < -0.4 is 5.32 Å². The van der Waals surface area contributed by atoms with Gasteiger partial charge in [0.25, 0.3) is 0 Å². The molecule has 5 heteroatoms. The van der Waals surface area contributed by atoms with Crippen LogP contribution in [0.25, 0.3) is 0 Å². The number of halogens is 3. The second-order valence-electron chi connectivity index (χ2n) is 3.98. The molecule has 0 saturated carbocycles. The lowest BCUT2D eigenvalue weighted by Gasteiger charge is -2.14. The number of nitrogens with one attached hydrogen (secondary N) is 1. The molecule has 1 aromatic carbocycles. The van der Waals surface area contributed by atoms with Crippen molar-refractivity contribution in [2.75, 3.05) is 0 Å². The summed E-state index contributed by atoms with van der Waals surface area (Å²) in [7, 11) is 0. The lowest BCUT2D eigenvalue weighted by atomic mass is 10.1. The maximum atomic E-state index is 6.00. The van der Waals surface area contributed by atoms with Crippen molar-refractivity contribution in [3.05, 3.63) is 55.5 Å². The Labute approximate surface area is 130 Å². The summed E-state index contributed by atoms with van der Waals surface area (Å²) in [6.45, 7) is 2.76. The van der Waals surface area contributed by atoms with Crippen LogP contribution in [0.4, 0.5) is 0 Å². The molecule has 0 amide bonds. The number of hydrogen-bond acceptors (Lipinski definition) is 2. The summed E-state index contributed by atoms with van der Waals surface area (Å²) >= 11 is 14.0. The smallest absolute Gasteiger partial charge is 0.164 e. The van der Waals surface area contributed by atoms with Gasteiger partial charge in [-0.25, -0.2) is 0 Å². The molecule has 1 atom stereocenters. The highest BCUT2D eigenvalue weighted by Gasteiger charge is 2.08. The van der Waals surface area contributed by atoms with E-state index in [9.17, 15) is 0 Å². The summed E-state index contributed by atoms with van der Waals surface area (Å²) in [5, 5.41) is 4.53. The van der Waals surface area contributed by atoms with E-state index in [0.29, 0.717) is 16.6 Å². The van der Waals surface area contributed by atoms with Crippen molar-refractivity contribution in [2.24, 2.45) is 0 Å². The van der Waals surface area contributed by atoms with Gasteiger partial charge < -0.3 is 9.73 Å². The van der Waals surface area contributed by atoms with Gasteiger partial charge in [0.05, 0.1) is 16.6 Å². The summed E-state index contributed by atoms with van der Waals surface area (Å²) in [5.74, 6) is 0.923. The molecule has 2 aromatic rings. The van der Waals surface area contributed by atoms with Gasteiger partial charge in [-0.15, -0.1) is 0 Å². The third kappa shape index (κ3) is 3.63. The molecule has 0 saturated heterocycles. The molecule has 96 valence electrons. The van der Waals surface area contributed by atoms with Crippen molar-refractivity contribution < 1.29 is 4.42 Å². The Hall–Kier alpha value is -0.230. The molecule has 1 N–H and O–H groups in total. The molecular formula is C13H12Cl2INO. The molecular weight excluding hydrogens is 384 g/mol. The zero-order chi connectivity index (χ0) is 13.1. The van der Waals surface area contributed by atoms with E-state index in [0.717, 1.165) is 15.1 Å². The molecule has 0 aliphatic heterocycles. The largest absolute Gasteiger partial charge is 0.454 e. The van der Waals surface area contributed by atoms with Gasteiger partial charge in [-0.3, -0.25) is 0 Å². The minimum Gasteiger partial charge on any atom is -0.454 e. The van der Waals surface area contributed by atoms with Gasteiger partial charge in [0.1, 0.15) is 5.76 Å². The molecule has 0 radical (unpaired) electrons. The zero-order valence-electron chi connectivity index (χ0n) is 9.71. The van der Waals surface area contributed by atoms with Crippen molar-refractivity contribution in [2.45, 2.75) is 19.5 Å². The summed E-state index contributed by atoms with van der Waals surface area (Å²) < 4.78 is 6.38. The van der Waals surface area contributed by atoms with Crippen LogP contribution in [0.15, 0.2) is 34.7 Å². The van der Waals surface area contributed by atoms with E-state index < -0.39 is 0 Å². The molecule has 0 bridgehead atoms. The molecule has 18 heavy (non-hydrogen) atoms. The highest BCUT2D eigenvalue weighted by atomic mass is 127. The van der Waals surface area contributed by atoms with E-state index in [1.165, 1.54) is 0 Å². The molecule has 1 aromatic heterocycles. The summed E-state index contributed by atoms with van der Waals surface area (Å²) in [5.41, 5.74) is 1.10. The first-order valence-electron chi connectivity index (χ1n) is 5.49. The average molecular weight is 396 g/mol. The second-order valence-corrected chi connectivity index (χ2v) is 5.86. The van der Waals surface area contributed by atoms with E-state index in [-0.39, 0.29) is 6.04 Å². The standard InChI is InChI=1S/C13H12Cl2INO/c1-8(9-2-4-11(14)12(15)6-9)17-7-10-3-5-13(16)18-10/h2-6,8,17H,7H2,1H3. The molecule has 2 rings (SSSR count). The van der Waals surface area contributed by atoms with Gasteiger partial charge in [0.2, 0.25) is 0 Å². The second kappa shape index (κ2) is 6.28. The predicted molar refractivity (Wildman–Crippen MR) is 83.1 cm³/mol. The molecule has 0 spiro atoms. The SMILES string of the molecule is CC(NCc1ccc(I)o1)c1ccc(Cl)c(Cl)c1.